The van der Waals surface area contributed by atoms with Crippen molar-refractivity contribution in [2.75, 3.05) is 5.32 Å². The van der Waals surface area contributed by atoms with Crippen molar-refractivity contribution in [3.63, 3.8) is 0 Å². The van der Waals surface area contributed by atoms with E-state index in [1.807, 2.05) is 30.3 Å². The van der Waals surface area contributed by atoms with Crippen LogP contribution in [0.15, 0.2) is 48.8 Å². The zero-order valence-electron chi connectivity index (χ0n) is 13.5. The van der Waals surface area contributed by atoms with Crippen molar-refractivity contribution < 1.29 is 9.53 Å². The smallest absolute Gasteiger partial charge is 0.229 e. The predicted octanol–water partition coefficient (Wildman–Crippen LogP) is 4.10. The Morgan fingerprint density at radius 3 is 2.92 bits per heavy atom. The third-order valence-corrected chi connectivity index (χ3v) is 4.76. The topological polar surface area (TPSA) is 69.0 Å². The third-order valence-electron chi connectivity index (χ3n) is 4.17. The van der Waals surface area contributed by atoms with Gasteiger partial charge in [0.15, 0.2) is 0 Å². The molecular formula is C18H14Cl2N4O2. The number of fused-ring (bicyclic) bond motifs is 1. The Bertz CT molecular complexity index is 973. The van der Waals surface area contributed by atoms with E-state index in [1.165, 1.54) is 6.33 Å². The number of nitrogens with zero attached hydrogens (tertiary/aromatic N) is 3. The summed E-state index contributed by atoms with van der Waals surface area (Å²) in [5.41, 5.74) is 1.69. The monoisotopic (exact) mass is 388 g/mol. The maximum Gasteiger partial charge on any atom is 0.229 e. The lowest BCUT2D eigenvalue weighted by atomic mass is 10.0. The van der Waals surface area contributed by atoms with Crippen LogP contribution in [-0.2, 0) is 11.4 Å². The number of halogens is 2. The molecule has 1 aromatic heterocycles. The Hall–Kier alpha value is -2.57. The highest BCUT2D eigenvalue weighted by Gasteiger charge is 2.29. The van der Waals surface area contributed by atoms with E-state index < -0.39 is 0 Å². The van der Waals surface area contributed by atoms with Crippen molar-refractivity contribution >= 4 is 35.1 Å². The minimum atomic E-state index is -0.280. The van der Waals surface area contributed by atoms with E-state index in [0.717, 1.165) is 11.1 Å². The molecule has 3 aromatic rings. The Kier molecular flexibility index (Phi) is 4.53. The number of amides is 1. The van der Waals surface area contributed by atoms with Crippen LogP contribution >= 0.6 is 23.2 Å². The minimum absolute atomic E-state index is 0.106. The number of aromatic nitrogens is 3. The molecule has 26 heavy (non-hydrogen) atoms. The van der Waals surface area contributed by atoms with Crippen molar-refractivity contribution in [2.45, 2.75) is 19.1 Å². The summed E-state index contributed by atoms with van der Waals surface area (Å²) in [6.45, 7) is 0.288. The van der Waals surface area contributed by atoms with E-state index in [9.17, 15) is 4.79 Å². The van der Waals surface area contributed by atoms with Gasteiger partial charge >= 0.3 is 0 Å². The number of carbonyl (C=O) groups excluding carboxylic acids is 1. The number of anilines is 1. The van der Waals surface area contributed by atoms with Crippen LogP contribution in [0.4, 0.5) is 5.95 Å². The molecule has 0 spiro atoms. The average Bonchev–Trinajstić information content (AvgIpc) is 3.09. The van der Waals surface area contributed by atoms with Gasteiger partial charge in [0.25, 0.3) is 0 Å². The summed E-state index contributed by atoms with van der Waals surface area (Å²) in [5.74, 6) is 0.993. The van der Waals surface area contributed by atoms with Crippen LogP contribution in [0, 0.1) is 0 Å². The summed E-state index contributed by atoms with van der Waals surface area (Å²) in [6.07, 6.45) is 1.68. The molecule has 1 atom stereocenters. The second-order valence-electron chi connectivity index (χ2n) is 5.86. The molecule has 0 radical (unpaired) electrons. The first kappa shape index (κ1) is 16.9. The molecule has 1 N–H and O–H groups in total. The highest BCUT2D eigenvalue weighted by Crippen LogP contribution is 2.34. The van der Waals surface area contributed by atoms with Gasteiger partial charge in [-0.1, -0.05) is 47.5 Å². The summed E-state index contributed by atoms with van der Waals surface area (Å²) in [4.78, 5) is 16.1. The fourth-order valence-corrected chi connectivity index (χ4v) is 3.39. The summed E-state index contributed by atoms with van der Waals surface area (Å²) in [5, 5.41) is 8.06. The largest absolute Gasteiger partial charge is 0.488 e. The molecule has 1 aliphatic rings. The molecular weight excluding hydrogens is 375 g/mol. The molecule has 2 heterocycles. The van der Waals surface area contributed by atoms with Gasteiger partial charge in [-0.3, -0.25) is 10.1 Å². The summed E-state index contributed by atoms with van der Waals surface area (Å²) in [6, 6.07) is 12.6. The number of hydrogen-bond acceptors (Lipinski definition) is 4. The zero-order valence-corrected chi connectivity index (χ0v) is 15.0. The van der Waals surface area contributed by atoms with Crippen molar-refractivity contribution in [1.29, 1.82) is 0 Å². The summed E-state index contributed by atoms with van der Waals surface area (Å²) >= 11 is 12.1. The van der Waals surface area contributed by atoms with Gasteiger partial charge in [-0.25, -0.2) is 4.68 Å². The molecule has 2 aromatic carbocycles. The summed E-state index contributed by atoms with van der Waals surface area (Å²) in [7, 11) is 0. The fourth-order valence-electron chi connectivity index (χ4n) is 2.93. The van der Waals surface area contributed by atoms with E-state index in [0.29, 0.717) is 21.7 Å². The molecule has 0 fully saturated rings. The maximum atomic E-state index is 12.0. The van der Waals surface area contributed by atoms with Gasteiger partial charge in [0.2, 0.25) is 11.9 Å². The van der Waals surface area contributed by atoms with Crippen molar-refractivity contribution in [2.24, 2.45) is 0 Å². The van der Waals surface area contributed by atoms with E-state index in [-0.39, 0.29) is 25.0 Å². The number of nitrogens with one attached hydrogen (secondary N) is 1. The Labute approximate surface area is 159 Å². The van der Waals surface area contributed by atoms with E-state index >= 15 is 0 Å². The molecule has 0 aliphatic carbocycles. The first-order valence-corrected chi connectivity index (χ1v) is 8.72. The first-order valence-electron chi connectivity index (χ1n) is 7.97. The SMILES string of the molecule is O=C1C[C@H](c2ccccc2OCc2ccc(Cl)cc2Cl)n2ncnc2N1. The Morgan fingerprint density at radius 1 is 1.23 bits per heavy atom. The van der Waals surface area contributed by atoms with Crippen LogP contribution in [0.5, 0.6) is 5.75 Å². The standard InChI is InChI=1S/C18H14Cl2N4O2/c19-12-6-5-11(14(20)7-12)9-26-16-4-2-1-3-13(16)15-8-17(25)23-18-21-10-22-24(15)18/h1-7,10,15H,8-9H2,(H,21,22,23,25)/t15-/m1/s1. The molecule has 0 saturated carbocycles. The molecule has 0 saturated heterocycles. The predicted molar refractivity (Wildman–Crippen MR) is 98.6 cm³/mol. The minimum Gasteiger partial charge on any atom is -0.488 e. The van der Waals surface area contributed by atoms with Crippen LogP contribution in [0.3, 0.4) is 0 Å². The molecule has 0 bridgehead atoms. The van der Waals surface area contributed by atoms with E-state index in [4.69, 9.17) is 27.9 Å². The number of hydrogen-bond donors (Lipinski definition) is 1. The van der Waals surface area contributed by atoms with E-state index in [2.05, 4.69) is 15.4 Å². The van der Waals surface area contributed by atoms with Gasteiger partial charge < -0.3 is 4.74 Å². The molecule has 6 nitrogen and oxygen atoms in total. The molecule has 1 aliphatic heterocycles. The van der Waals surface area contributed by atoms with Crippen LogP contribution < -0.4 is 10.1 Å². The average molecular weight is 389 g/mol. The van der Waals surface area contributed by atoms with E-state index in [1.54, 1.807) is 16.8 Å². The van der Waals surface area contributed by atoms with Crippen LogP contribution in [0.25, 0.3) is 0 Å². The lowest BCUT2D eigenvalue weighted by Gasteiger charge is -2.25. The van der Waals surface area contributed by atoms with Crippen molar-refractivity contribution in [3.05, 3.63) is 70.0 Å². The lowest BCUT2D eigenvalue weighted by molar-refractivity contribution is -0.117. The molecule has 132 valence electrons. The van der Waals surface area contributed by atoms with Crippen LogP contribution in [0.1, 0.15) is 23.6 Å². The van der Waals surface area contributed by atoms with Crippen LogP contribution in [-0.4, -0.2) is 20.7 Å². The van der Waals surface area contributed by atoms with Gasteiger partial charge in [-0.15, -0.1) is 0 Å². The highest BCUT2D eigenvalue weighted by atomic mass is 35.5. The first-order chi connectivity index (χ1) is 12.6. The molecule has 0 unspecified atom stereocenters. The second-order valence-corrected chi connectivity index (χ2v) is 6.70. The van der Waals surface area contributed by atoms with Crippen molar-refractivity contribution in [1.82, 2.24) is 14.8 Å². The normalized spacial score (nSPS) is 16.1. The van der Waals surface area contributed by atoms with Crippen LogP contribution in [0.2, 0.25) is 10.0 Å². The Balaban J connectivity index is 1.63. The molecule has 8 heteroatoms. The van der Waals surface area contributed by atoms with Gasteiger partial charge in [-0.05, 0) is 18.2 Å². The Morgan fingerprint density at radius 2 is 2.08 bits per heavy atom. The number of para-hydroxylation sites is 1. The summed E-state index contributed by atoms with van der Waals surface area (Å²) < 4.78 is 7.70. The second kappa shape index (κ2) is 6.97. The van der Waals surface area contributed by atoms with Gasteiger partial charge in [-0.2, -0.15) is 10.1 Å². The lowest BCUT2D eigenvalue weighted by Crippen LogP contribution is -2.29. The number of rotatable bonds is 4. The van der Waals surface area contributed by atoms with Gasteiger partial charge in [0.05, 0.1) is 12.5 Å². The zero-order chi connectivity index (χ0) is 18.1. The fraction of sp³-hybridized carbons (Fsp3) is 0.167. The quantitative estimate of drug-likeness (QED) is 0.730. The maximum absolute atomic E-state index is 12.0. The number of carbonyl (C=O) groups is 1. The molecule has 1 amide bonds. The molecule has 4 rings (SSSR count). The van der Waals surface area contributed by atoms with Crippen molar-refractivity contribution in [3.8, 4) is 5.75 Å². The highest BCUT2D eigenvalue weighted by molar-refractivity contribution is 6.35. The van der Waals surface area contributed by atoms with Gasteiger partial charge in [0.1, 0.15) is 18.7 Å². The third kappa shape index (κ3) is 3.25. The van der Waals surface area contributed by atoms with Gasteiger partial charge in [0, 0.05) is 21.2 Å². The number of ether oxygens (including phenoxy) is 1. The number of benzene rings is 2.